The van der Waals surface area contributed by atoms with Crippen LogP contribution in [0.3, 0.4) is 0 Å². The fourth-order valence-electron chi connectivity index (χ4n) is 1.43. The van der Waals surface area contributed by atoms with Gasteiger partial charge in [-0.2, -0.15) is 0 Å². The van der Waals surface area contributed by atoms with Crippen LogP contribution in [0.1, 0.15) is 10.5 Å². The Balaban J connectivity index is 2.20. The molecule has 2 N–H and O–H groups in total. The molecule has 0 spiro atoms. The van der Waals surface area contributed by atoms with Crippen LogP contribution in [0, 0.1) is 0 Å². The van der Waals surface area contributed by atoms with Gasteiger partial charge in [0.1, 0.15) is 5.75 Å². The third-order valence-electron chi connectivity index (χ3n) is 2.28. The van der Waals surface area contributed by atoms with E-state index in [1.54, 1.807) is 24.3 Å². The molecule has 1 aromatic heterocycles. The number of nitrogens with zero attached hydrogens (tertiary/aromatic N) is 1. The first-order chi connectivity index (χ1) is 8.70. The van der Waals surface area contributed by atoms with Gasteiger partial charge in [0, 0.05) is 18.2 Å². The monoisotopic (exact) mass is 244 g/mol. The maximum Gasteiger partial charge on any atom is 0.273 e. The summed E-state index contributed by atoms with van der Waals surface area (Å²) in [5, 5.41) is 15.6. The second-order valence-electron chi connectivity index (χ2n) is 3.63. The molecule has 0 atom stereocenters. The third kappa shape index (κ3) is 2.57. The van der Waals surface area contributed by atoms with Gasteiger partial charge in [-0.05, 0) is 12.1 Å². The topological polar surface area (TPSA) is 75.4 Å². The van der Waals surface area contributed by atoms with Crippen LogP contribution in [0.2, 0.25) is 0 Å². The van der Waals surface area contributed by atoms with Crippen molar-refractivity contribution in [3.05, 3.63) is 48.7 Å². The predicted molar refractivity (Wildman–Crippen MR) is 66.1 cm³/mol. The average molecular weight is 244 g/mol. The zero-order valence-electron chi connectivity index (χ0n) is 9.59. The van der Waals surface area contributed by atoms with E-state index in [1.165, 1.54) is 12.1 Å². The molecule has 0 bridgehead atoms. The summed E-state index contributed by atoms with van der Waals surface area (Å²) in [6.07, 6.45) is 1.58. The lowest BCUT2D eigenvalue weighted by Gasteiger charge is -1.96. The quantitative estimate of drug-likeness (QED) is 0.806. The SMILES string of the molecule is C=CCNC(=O)c1cc(-c2cccc(O)c2)on1. The van der Waals surface area contributed by atoms with Gasteiger partial charge in [0.2, 0.25) is 0 Å². The number of amides is 1. The Labute approximate surface area is 104 Å². The molecule has 18 heavy (non-hydrogen) atoms. The number of nitrogens with one attached hydrogen (secondary N) is 1. The zero-order chi connectivity index (χ0) is 13.0. The lowest BCUT2D eigenvalue weighted by Crippen LogP contribution is -2.23. The summed E-state index contributed by atoms with van der Waals surface area (Å²) in [5.74, 6) is 0.223. The van der Waals surface area contributed by atoms with Gasteiger partial charge in [0.15, 0.2) is 11.5 Å². The van der Waals surface area contributed by atoms with Gasteiger partial charge in [0.05, 0.1) is 0 Å². The van der Waals surface area contributed by atoms with E-state index >= 15 is 0 Å². The van der Waals surface area contributed by atoms with Crippen molar-refractivity contribution in [3.63, 3.8) is 0 Å². The number of aromatic nitrogens is 1. The first kappa shape index (κ1) is 11.9. The number of carbonyl (C=O) groups excluding carboxylic acids is 1. The lowest BCUT2D eigenvalue weighted by atomic mass is 10.1. The van der Waals surface area contributed by atoms with Crippen molar-refractivity contribution in [2.45, 2.75) is 0 Å². The largest absolute Gasteiger partial charge is 0.508 e. The summed E-state index contributed by atoms with van der Waals surface area (Å²) >= 11 is 0. The normalized spacial score (nSPS) is 10.0. The minimum atomic E-state index is -0.329. The zero-order valence-corrected chi connectivity index (χ0v) is 9.59. The molecule has 1 aromatic carbocycles. The van der Waals surface area contributed by atoms with Crippen LogP contribution < -0.4 is 5.32 Å². The molecule has 0 saturated heterocycles. The second kappa shape index (κ2) is 5.18. The van der Waals surface area contributed by atoms with Crippen LogP contribution in [0.15, 0.2) is 47.5 Å². The predicted octanol–water partition coefficient (Wildman–Crippen LogP) is 1.96. The number of hydrogen-bond donors (Lipinski definition) is 2. The van der Waals surface area contributed by atoms with Crippen LogP contribution in [0.4, 0.5) is 0 Å². The average Bonchev–Trinajstić information content (AvgIpc) is 2.85. The van der Waals surface area contributed by atoms with Crippen molar-refractivity contribution >= 4 is 5.91 Å². The number of rotatable bonds is 4. The highest BCUT2D eigenvalue weighted by atomic mass is 16.5. The molecule has 5 heteroatoms. The molecule has 0 radical (unpaired) electrons. The molecule has 0 fully saturated rings. The van der Waals surface area contributed by atoms with Crippen LogP contribution in [-0.2, 0) is 0 Å². The Bertz CT molecular complexity index is 575. The summed E-state index contributed by atoms with van der Waals surface area (Å²) in [4.78, 5) is 11.6. The van der Waals surface area contributed by atoms with Crippen molar-refractivity contribution in [2.75, 3.05) is 6.54 Å². The van der Waals surface area contributed by atoms with Gasteiger partial charge in [-0.1, -0.05) is 23.4 Å². The van der Waals surface area contributed by atoms with Crippen molar-refractivity contribution < 1.29 is 14.4 Å². The van der Waals surface area contributed by atoms with E-state index in [4.69, 9.17) is 4.52 Å². The van der Waals surface area contributed by atoms with E-state index in [1.807, 2.05) is 0 Å². The maximum atomic E-state index is 11.6. The van der Waals surface area contributed by atoms with Crippen LogP contribution in [-0.4, -0.2) is 22.7 Å². The van der Waals surface area contributed by atoms with Gasteiger partial charge in [-0.15, -0.1) is 6.58 Å². The number of benzene rings is 1. The van der Waals surface area contributed by atoms with E-state index < -0.39 is 0 Å². The fourth-order valence-corrected chi connectivity index (χ4v) is 1.43. The molecule has 0 saturated carbocycles. The minimum absolute atomic E-state index is 0.126. The summed E-state index contributed by atoms with van der Waals surface area (Å²) in [6, 6.07) is 8.05. The highest BCUT2D eigenvalue weighted by Crippen LogP contribution is 2.23. The molecular formula is C13H12N2O3. The molecule has 1 heterocycles. The summed E-state index contributed by atoms with van der Waals surface area (Å²) in [7, 11) is 0. The molecule has 0 aliphatic rings. The maximum absolute atomic E-state index is 11.6. The summed E-state index contributed by atoms with van der Waals surface area (Å²) < 4.78 is 5.06. The van der Waals surface area contributed by atoms with E-state index in [0.717, 1.165) is 0 Å². The number of hydrogen-bond acceptors (Lipinski definition) is 4. The smallest absolute Gasteiger partial charge is 0.273 e. The highest BCUT2D eigenvalue weighted by Gasteiger charge is 2.12. The lowest BCUT2D eigenvalue weighted by molar-refractivity contribution is 0.0949. The molecule has 0 unspecified atom stereocenters. The first-order valence-electron chi connectivity index (χ1n) is 5.36. The number of aromatic hydroxyl groups is 1. The van der Waals surface area contributed by atoms with Gasteiger partial charge in [-0.3, -0.25) is 4.79 Å². The van der Waals surface area contributed by atoms with E-state index in [0.29, 0.717) is 17.9 Å². The van der Waals surface area contributed by atoms with Gasteiger partial charge >= 0.3 is 0 Å². The van der Waals surface area contributed by atoms with Crippen LogP contribution in [0.25, 0.3) is 11.3 Å². The number of carbonyl (C=O) groups is 1. The van der Waals surface area contributed by atoms with Crippen molar-refractivity contribution in [1.82, 2.24) is 10.5 Å². The molecule has 2 rings (SSSR count). The Morgan fingerprint density at radius 2 is 2.33 bits per heavy atom. The third-order valence-corrected chi connectivity index (χ3v) is 2.28. The Hall–Kier alpha value is -2.56. The van der Waals surface area contributed by atoms with Crippen molar-refractivity contribution in [2.24, 2.45) is 0 Å². The van der Waals surface area contributed by atoms with Crippen LogP contribution in [0.5, 0.6) is 5.75 Å². The Morgan fingerprint density at radius 3 is 3.06 bits per heavy atom. The van der Waals surface area contributed by atoms with Crippen molar-refractivity contribution in [1.29, 1.82) is 0 Å². The second-order valence-corrected chi connectivity index (χ2v) is 3.63. The molecule has 2 aromatic rings. The number of phenols is 1. The molecule has 1 amide bonds. The Kier molecular flexibility index (Phi) is 3.43. The minimum Gasteiger partial charge on any atom is -0.508 e. The van der Waals surface area contributed by atoms with E-state index in [-0.39, 0.29) is 17.4 Å². The fraction of sp³-hybridized carbons (Fsp3) is 0.0769. The first-order valence-corrected chi connectivity index (χ1v) is 5.36. The Morgan fingerprint density at radius 1 is 1.50 bits per heavy atom. The molecule has 0 aliphatic heterocycles. The van der Waals surface area contributed by atoms with Gasteiger partial charge in [-0.25, -0.2) is 0 Å². The van der Waals surface area contributed by atoms with Crippen molar-refractivity contribution in [3.8, 4) is 17.1 Å². The summed E-state index contributed by atoms with van der Waals surface area (Å²) in [5.41, 5.74) is 0.848. The van der Waals surface area contributed by atoms with Gasteiger partial charge < -0.3 is 14.9 Å². The molecule has 5 nitrogen and oxygen atoms in total. The van der Waals surface area contributed by atoms with E-state index in [2.05, 4.69) is 17.1 Å². The molecule has 0 aliphatic carbocycles. The summed E-state index contributed by atoms with van der Waals surface area (Å²) in [6.45, 7) is 3.87. The number of phenolic OH excluding ortho intramolecular Hbond substituents is 1. The van der Waals surface area contributed by atoms with Crippen LogP contribution >= 0.6 is 0 Å². The highest BCUT2D eigenvalue weighted by molar-refractivity contribution is 5.93. The standard InChI is InChI=1S/C13H12N2O3/c1-2-6-14-13(17)11-8-12(18-15-11)9-4-3-5-10(16)7-9/h2-5,7-8,16H,1,6H2,(H,14,17). The van der Waals surface area contributed by atoms with E-state index in [9.17, 15) is 9.90 Å². The molecular weight excluding hydrogens is 232 g/mol. The van der Waals surface area contributed by atoms with Gasteiger partial charge in [0.25, 0.3) is 5.91 Å². The molecule has 92 valence electrons.